The molecular weight excluding hydrogens is 269 g/mol. The van der Waals surface area contributed by atoms with Gasteiger partial charge in [-0.3, -0.25) is 4.79 Å². The van der Waals surface area contributed by atoms with Crippen molar-refractivity contribution in [2.75, 3.05) is 12.3 Å². The van der Waals surface area contributed by atoms with Crippen molar-refractivity contribution >= 4 is 15.7 Å². The maximum Gasteiger partial charge on any atom is 0.225 e. The molecule has 0 bridgehead atoms. The highest BCUT2D eigenvalue weighted by Crippen LogP contribution is 2.13. The Balaban J connectivity index is 2.62. The lowest BCUT2D eigenvalue weighted by molar-refractivity contribution is -0.128. The molecule has 0 radical (unpaired) electrons. The van der Waals surface area contributed by atoms with Gasteiger partial charge >= 0.3 is 0 Å². The van der Waals surface area contributed by atoms with Crippen molar-refractivity contribution in [3.8, 4) is 0 Å². The molecule has 0 unspecified atom stereocenters. The zero-order valence-corrected chi connectivity index (χ0v) is 12.1. The van der Waals surface area contributed by atoms with Gasteiger partial charge in [-0.05, 0) is 24.3 Å². The second-order valence-corrected chi connectivity index (χ2v) is 7.39. The lowest BCUT2D eigenvalue weighted by Crippen LogP contribution is -2.37. The topological polar surface area (TPSA) is 63.2 Å². The second kappa shape index (κ2) is 5.69. The summed E-state index contributed by atoms with van der Waals surface area (Å²) in [6.45, 7) is 5.28. The summed E-state index contributed by atoms with van der Waals surface area (Å²) in [4.78, 5) is 11.6. The molecule has 0 atom stereocenters. The van der Waals surface area contributed by atoms with E-state index in [-0.39, 0.29) is 23.1 Å². The molecule has 0 spiro atoms. The zero-order valence-electron chi connectivity index (χ0n) is 11.2. The smallest absolute Gasteiger partial charge is 0.225 e. The summed E-state index contributed by atoms with van der Waals surface area (Å²) in [5.74, 6) is -0.901. The maximum atomic E-state index is 12.7. The molecular formula is C13H18FNO3S. The number of hydrogen-bond acceptors (Lipinski definition) is 3. The number of benzene rings is 1. The summed E-state index contributed by atoms with van der Waals surface area (Å²) in [6, 6.07) is 4.63. The monoisotopic (exact) mass is 287 g/mol. The van der Waals surface area contributed by atoms with E-state index < -0.39 is 21.1 Å². The van der Waals surface area contributed by atoms with Gasteiger partial charge in [-0.15, -0.1) is 0 Å². The standard InChI is InChI=1S/C13H18FNO3S/c1-13(2,3)12(16)15-8-9-19(17,18)11-6-4-10(14)5-7-11/h4-7H,8-9H2,1-3H3,(H,15,16). The summed E-state index contributed by atoms with van der Waals surface area (Å²) in [5.41, 5.74) is -0.556. The SMILES string of the molecule is CC(C)(C)C(=O)NCCS(=O)(=O)c1ccc(F)cc1. The molecule has 0 aliphatic heterocycles. The van der Waals surface area contributed by atoms with Gasteiger partial charge in [0.1, 0.15) is 5.82 Å². The third-order valence-corrected chi connectivity index (χ3v) is 4.24. The molecule has 0 aliphatic carbocycles. The van der Waals surface area contributed by atoms with Gasteiger partial charge in [0.05, 0.1) is 10.6 Å². The van der Waals surface area contributed by atoms with E-state index in [0.717, 1.165) is 12.1 Å². The van der Waals surface area contributed by atoms with Crippen LogP contribution in [0.3, 0.4) is 0 Å². The number of carbonyl (C=O) groups excluding carboxylic acids is 1. The lowest BCUT2D eigenvalue weighted by atomic mass is 9.96. The Labute approximate surface area is 112 Å². The quantitative estimate of drug-likeness (QED) is 0.858. The molecule has 6 heteroatoms. The molecule has 0 aromatic heterocycles. The van der Waals surface area contributed by atoms with Crippen molar-refractivity contribution in [3.05, 3.63) is 30.1 Å². The molecule has 19 heavy (non-hydrogen) atoms. The van der Waals surface area contributed by atoms with Crippen LogP contribution in [0.25, 0.3) is 0 Å². The highest BCUT2D eigenvalue weighted by molar-refractivity contribution is 7.91. The molecule has 1 rings (SSSR count). The summed E-state index contributed by atoms with van der Waals surface area (Å²) in [5, 5.41) is 2.57. The predicted molar refractivity (Wildman–Crippen MR) is 70.9 cm³/mol. The van der Waals surface area contributed by atoms with Crippen LogP contribution < -0.4 is 5.32 Å². The average molecular weight is 287 g/mol. The van der Waals surface area contributed by atoms with E-state index in [1.807, 2.05) is 0 Å². The van der Waals surface area contributed by atoms with Crippen molar-refractivity contribution in [1.29, 1.82) is 0 Å². The first-order valence-electron chi connectivity index (χ1n) is 5.89. The first kappa shape index (κ1) is 15.6. The largest absolute Gasteiger partial charge is 0.355 e. The van der Waals surface area contributed by atoms with Gasteiger partial charge in [0, 0.05) is 12.0 Å². The second-order valence-electron chi connectivity index (χ2n) is 5.28. The fourth-order valence-electron chi connectivity index (χ4n) is 1.32. The summed E-state index contributed by atoms with van der Waals surface area (Å²) in [6.07, 6.45) is 0. The zero-order chi connectivity index (χ0) is 14.7. The van der Waals surface area contributed by atoms with Crippen LogP contribution in [0.4, 0.5) is 4.39 Å². The molecule has 1 aromatic carbocycles. The summed E-state index contributed by atoms with van der Waals surface area (Å²) < 4.78 is 36.5. The molecule has 1 aromatic rings. The van der Waals surface area contributed by atoms with E-state index in [9.17, 15) is 17.6 Å². The lowest BCUT2D eigenvalue weighted by Gasteiger charge is -2.17. The van der Waals surface area contributed by atoms with Crippen LogP contribution in [0.1, 0.15) is 20.8 Å². The van der Waals surface area contributed by atoms with Gasteiger partial charge in [-0.2, -0.15) is 0 Å². The van der Waals surface area contributed by atoms with E-state index in [2.05, 4.69) is 5.32 Å². The number of nitrogens with one attached hydrogen (secondary N) is 1. The number of rotatable bonds is 4. The minimum atomic E-state index is -3.50. The predicted octanol–water partition coefficient (Wildman–Crippen LogP) is 1.76. The van der Waals surface area contributed by atoms with E-state index in [1.54, 1.807) is 20.8 Å². The molecule has 1 N–H and O–H groups in total. The summed E-state index contributed by atoms with van der Waals surface area (Å²) >= 11 is 0. The minimum Gasteiger partial charge on any atom is -0.355 e. The fourth-order valence-corrected chi connectivity index (χ4v) is 2.48. The Hall–Kier alpha value is -1.43. The number of amides is 1. The van der Waals surface area contributed by atoms with Crippen LogP contribution in [-0.2, 0) is 14.6 Å². The Kier molecular flexibility index (Phi) is 4.68. The highest BCUT2D eigenvalue weighted by atomic mass is 32.2. The van der Waals surface area contributed by atoms with Crippen LogP contribution in [0.2, 0.25) is 0 Å². The molecule has 1 amide bonds. The Bertz CT molecular complexity index is 544. The number of carbonyl (C=O) groups is 1. The number of halogens is 1. The highest BCUT2D eigenvalue weighted by Gasteiger charge is 2.21. The molecule has 106 valence electrons. The Morgan fingerprint density at radius 1 is 1.21 bits per heavy atom. The fraction of sp³-hybridized carbons (Fsp3) is 0.462. The third-order valence-electron chi connectivity index (χ3n) is 2.51. The Morgan fingerprint density at radius 2 is 1.74 bits per heavy atom. The maximum absolute atomic E-state index is 12.7. The molecule has 0 heterocycles. The normalized spacial score (nSPS) is 12.2. The van der Waals surface area contributed by atoms with Gasteiger partial charge < -0.3 is 5.32 Å². The van der Waals surface area contributed by atoms with E-state index in [4.69, 9.17) is 0 Å². The van der Waals surface area contributed by atoms with Crippen LogP contribution in [-0.4, -0.2) is 26.6 Å². The van der Waals surface area contributed by atoms with Crippen LogP contribution in [0.15, 0.2) is 29.2 Å². The van der Waals surface area contributed by atoms with Crippen LogP contribution in [0.5, 0.6) is 0 Å². The van der Waals surface area contributed by atoms with Gasteiger partial charge in [-0.1, -0.05) is 20.8 Å². The van der Waals surface area contributed by atoms with E-state index in [0.29, 0.717) is 0 Å². The van der Waals surface area contributed by atoms with Gasteiger partial charge in [0.15, 0.2) is 9.84 Å². The van der Waals surface area contributed by atoms with Crippen molar-refractivity contribution in [3.63, 3.8) is 0 Å². The molecule has 0 fully saturated rings. The Morgan fingerprint density at radius 3 is 2.21 bits per heavy atom. The van der Waals surface area contributed by atoms with Gasteiger partial charge in [-0.25, -0.2) is 12.8 Å². The molecule has 0 aliphatic rings. The number of sulfone groups is 1. The van der Waals surface area contributed by atoms with Crippen LogP contribution in [0, 0.1) is 11.2 Å². The van der Waals surface area contributed by atoms with Crippen LogP contribution >= 0.6 is 0 Å². The van der Waals surface area contributed by atoms with Gasteiger partial charge in [0.2, 0.25) is 5.91 Å². The average Bonchev–Trinajstić information content (AvgIpc) is 2.28. The van der Waals surface area contributed by atoms with E-state index in [1.165, 1.54) is 12.1 Å². The molecule has 4 nitrogen and oxygen atoms in total. The van der Waals surface area contributed by atoms with E-state index >= 15 is 0 Å². The molecule has 0 saturated heterocycles. The summed E-state index contributed by atoms with van der Waals surface area (Å²) in [7, 11) is -3.50. The van der Waals surface area contributed by atoms with Crippen molar-refractivity contribution in [2.24, 2.45) is 5.41 Å². The van der Waals surface area contributed by atoms with Crippen molar-refractivity contribution in [2.45, 2.75) is 25.7 Å². The molecule has 0 saturated carbocycles. The minimum absolute atomic E-state index is 0.0375. The number of hydrogen-bond donors (Lipinski definition) is 1. The first-order valence-corrected chi connectivity index (χ1v) is 7.55. The van der Waals surface area contributed by atoms with Crippen molar-refractivity contribution in [1.82, 2.24) is 5.32 Å². The first-order chi connectivity index (χ1) is 8.63. The third kappa shape index (κ3) is 4.63. The van der Waals surface area contributed by atoms with Crippen molar-refractivity contribution < 1.29 is 17.6 Å². The van der Waals surface area contributed by atoms with Gasteiger partial charge in [0.25, 0.3) is 0 Å².